The molecule has 0 aliphatic heterocycles. The molecule has 0 aromatic carbocycles. The molecule has 0 saturated carbocycles. The van der Waals surface area contributed by atoms with Gasteiger partial charge in [0.05, 0.1) is 6.61 Å². The molecule has 0 aliphatic carbocycles. The van der Waals surface area contributed by atoms with E-state index >= 15 is 0 Å². The van der Waals surface area contributed by atoms with Crippen LogP contribution in [-0.2, 0) is 0 Å². The van der Waals surface area contributed by atoms with Crippen molar-refractivity contribution in [2.75, 3.05) is 27.2 Å². The third-order valence-corrected chi connectivity index (χ3v) is 2.24. The largest absolute Gasteiger partial charge is 0.476 e. The Labute approximate surface area is 103 Å². The molecule has 0 radical (unpaired) electrons. The zero-order valence-electron chi connectivity index (χ0n) is 10.9. The number of aromatic nitrogens is 1. The lowest BCUT2D eigenvalue weighted by Gasteiger charge is -2.27. The van der Waals surface area contributed by atoms with Crippen LogP contribution in [-0.4, -0.2) is 37.1 Å². The molecular weight excluding hydrogens is 214 g/mol. The van der Waals surface area contributed by atoms with Crippen molar-refractivity contribution in [3.8, 4) is 11.9 Å². The number of nitriles is 1. The van der Waals surface area contributed by atoms with Gasteiger partial charge in [0.15, 0.2) is 0 Å². The van der Waals surface area contributed by atoms with Crippen molar-refractivity contribution in [2.45, 2.75) is 13.8 Å². The summed E-state index contributed by atoms with van der Waals surface area (Å²) in [7, 11) is 4.06. The molecule has 0 unspecified atom stereocenters. The van der Waals surface area contributed by atoms with E-state index in [2.05, 4.69) is 29.8 Å². The highest BCUT2D eigenvalue weighted by Gasteiger charge is 2.20. The van der Waals surface area contributed by atoms with Gasteiger partial charge in [0, 0.05) is 18.2 Å². The van der Waals surface area contributed by atoms with Crippen molar-refractivity contribution in [2.24, 2.45) is 5.41 Å². The molecule has 1 heterocycles. The van der Waals surface area contributed by atoms with Crippen molar-refractivity contribution in [1.82, 2.24) is 9.88 Å². The summed E-state index contributed by atoms with van der Waals surface area (Å²) in [5, 5.41) is 8.92. The van der Waals surface area contributed by atoms with Gasteiger partial charge in [-0.15, -0.1) is 0 Å². The SMILES string of the molecule is CN(C)CC(C)(C)COc1ncccc1C#N. The zero-order chi connectivity index (χ0) is 12.9. The molecule has 0 aliphatic rings. The van der Waals surface area contributed by atoms with Gasteiger partial charge in [0.1, 0.15) is 11.6 Å². The number of hydrogen-bond acceptors (Lipinski definition) is 4. The zero-order valence-corrected chi connectivity index (χ0v) is 10.9. The average Bonchev–Trinajstić information content (AvgIpc) is 2.25. The van der Waals surface area contributed by atoms with Crippen molar-refractivity contribution in [1.29, 1.82) is 5.26 Å². The third kappa shape index (κ3) is 4.41. The maximum absolute atomic E-state index is 8.92. The summed E-state index contributed by atoms with van der Waals surface area (Å²) >= 11 is 0. The molecule has 0 bridgehead atoms. The van der Waals surface area contributed by atoms with Gasteiger partial charge in [-0.3, -0.25) is 0 Å². The minimum Gasteiger partial charge on any atom is -0.476 e. The Bertz CT molecular complexity index is 407. The van der Waals surface area contributed by atoms with E-state index < -0.39 is 0 Å². The first-order valence-corrected chi connectivity index (χ1v) is 5.57. The maximum atomic E-state index is 8.92. The third-order valence-electron chi connectivity index (χ3n) is 2.24. The maximum Gasteiger partial charge on any atom is 0.231 e. The van der Waals surface area contributed by atoms with Crippen LogP contribution >= 0.6 is 0 Å². The van der Waals surface area contributed by atoms with Crippen LogP contribution in [0.15, 0.2) is 18.3 Å². The Morgan fingerprint density at radius 1 is 1.47 bits per heavy atom. The van der Waals surface area contributed by atoms with E-state index in [1.165, 1.54) is 0 Å². The molecular formula is C13H19N3O. The second kappa shape index (κ2) is 5.65. The highest BCUT2D eigenvalue weighted by Crippen LogP contribution is 2.20. The monoisotopic (exact) mass is 233 g/mol. The van der Waals surface area contributed by atoms with Crippen molar-refractivity contribution >= 4 is 0 Å². The standard InChI is InChI=1S/C13H19N3O/c1-13(2,9-16(3)4)10-17-12-11(8-14)6-5-7-15-12/h5-7H,9-10H2,1-4H3. The van der Waals surface area contributed by atoms with Crippen molar-refractivity contribution < 1.29 is 4.74 Å². The van der Waals surface area contributed by atoms with Crippen LogP contribution in [0.5, 0.6) is 5.88 Å². The number of nitrogens with zero attached hydrogens (tertiary/aromatic N) is 3. The summed E-state index contributed by atoms with van der Waals surface area (Å²) in [5.74, 6) is 0.418. The normalized spacial score (nSPS) is 11.3. The van der Waals surface area contributed by atoms with E-state index in [9.17, 15) is 0 Å². The van der Waals surface area contributed by atoms with E-state index in [0.717, 1.165) is 6.54 Å². The predicted octanol–water partition coefficient (Wildman–Crippen LogP) is 1.92. The average molecular weight is 233 g/mol. The Morgan fingerprint density at radius 2 is 2.18 bits per heavy atom. The lowest BCUT2D eigenvalue weighted by atomic mass is 9.94. The quantitative estimate of drug-likeness (QED) is 0.779. The molecule has 0 spiro atoms. The van der Waals surface area contributed by atoms with Crippen LogP contribution in [0.25, 0.3) is 0 Å². The van der Waals surface area contributed by atoms with Gasteiger partial charge in [-0.25, -0.2) is 4.98 Å². The predicted molar refractivity (Wildman–Crippen MR) is 66.8 cm³/mol. The van der Waals surface area contributed by atoms with Crippen LogP contribution in [0.4, 0.5) is 0 Å². The van der Waals surface area contributed by atoms with Crippen LogP contribution in [0.1, 0.15) is 19.4 Å². The second-order valence-electron chi connectivity index (χ2n) is 5.16. The van der Waals surface area contributed by atoms with Crippen molar-refractivity contribution in [3.05, 3.63) is 23.9 Å². The Kier molecular flexibility index (Phi) is 4.47. The van der Waals surface area contributed by atoms with Crippen LogP contribution in [0, 0.1) is 16.7 Å². The molecule has 0 amide bonds. The van der Waals surface area contributed by atoms with Gasteiger partial charge in [-0.1, -0.05) is 13.8 Å². The van der Waals surface area contributed by atoms with Gasteiger partial charge < -0.3 is 9.64 Å². The number of rotatable bonds is 5. The summed E-state index contributed by atoms with van der Waals surface area (Å²) in [5.41, 5.74) is 0.501. The first-order chi connectivity index (χ1) is 7.94. The fourth-order valence-electron chi connectivity index (χ4n) is 1.76. The Morgan fingerprint density at radius 3 is 2.76 bits per heavy atom. The van der Waals surface area contributed by atoms with E-state index in [1.807, 2.05) is 14.1 Å². The van der Waals surface area contributed by atoms with Crippen molar-refractivity contribution in [3.63, 3.8) is 0 Å². The minimum atomic E-state index is 0.0216. The molecule has 0 saturated heterocycles. The lowest BCUT2D eigenvalue weighted by molar-refractivity contribution is 0.137. The molecule has 1 aromatic heterocycles. The van der Waals surface area contributed by atoms with E-state index in [4.69, 9.17) is 10.00 Å². The smallest absolute Gasteiger partial charge is 0.231 e. The first kappa shape index (κ1) is 13.5. The number of pyridine rings is 1. The summed E-state index contributed by atoms with van der Waals surface area (Å²) in [6, 6.07) is 5.52. The molecule has 1 rings (SSSR count). The molecule has 4 heteroatoms. The van der Waals surface area contributed by atoms with E-state index in [1.54, 1.807) is 18.3 Å². The second-order valence-corrected chi connectivity index (χ2v) is 5.16. The molecule has 92 valence electrons. The molecule has 0 fully saturated rings. The van der Waals surface area contributed by atoms with Gasteiger partial charge in [0.25, 0.3) is 0 Å². The van der Waals surface area contributed by atoms with Crippen LogP contribution in [0.3, 0.4) is 0 Å². The summed E-state index contributed by atoms with van der Waals surface area (Å²) in [6.07, 6.45) is 1.63. The van der Waals surface area contributed by atoms with E-state index in [-0.39, 0.29) is 5.41 Å². The van der Waals surface area contributed by atoms with Gasteiger partial charge in [-0.05, 0) is 26.2 Å². The summed E-state index contributed by atoms with van der Waals surface area (Å²) in [4.78, 5) is 6.19. The fourth-order valence-corrected chi connectivity index (χ4v) is 1.76. The van der Waals surface area contributed by atoms with Crippen LogP contribution in [0.2, 0.25) is 0 Å². The van der Waals surface area contributed by atoms with Gasteiger partial charge in [-0.2, -0.15) is 5.26 Å². The Balaban J connectivity index is 2.64. The number of hydrogen-bond donors (Lipinski definition) is 0. The summed E-state index contributed by atoms with van der Waals surface area (Å²) in [6.45, 7) is 5.71. The highest BCUT2D eigenvalue weighted by molar-refractivity contribution is 5.36. The molecule has 17 heavy (non-hydrogen) atoms. The van der Waals surface area contributed by atoms with Gasteiger partial charge in [0.2, 0.25) is 5.88 Å². The Hall–Kier alpha value is -1.60. The molecule has 0 atom stereocenters. The minimum absolute atomic E-state index is 0.0216. The topological polar surface area (TPSA) is 49.1 Å². The lowest BCUT2D eigenvalue weighted by Crippen LogP contribution is -2.33. The molecule has 0 N–H and O–H groups in total. The number of ether oxygens (including phenoxy) is 1. The summed E-state index contributed by atoms with van der Waals surface area (Å²) < 4.78 is 5.63. The van der Waals surface area contributed by atoms with Gasteiger partial charge >= 0.3 is 0 Å². The first-order valence-electron chi connectivity index (χ1n) is 5.57. The highest BCUT2D eigenvalue weighted by atomic mass is 16.5. The fraction of sp³-hybridized carbons (Fsp3) is 0.538. The van der Waals surface area contributed by atoms with E-state index in [0.29, 0.717) is 18.1 Å². The molecule has 4 nitrogen and oxygen atoms in total. The van der Waals surface area contributed by atoms with Crippen LogP contribution < -0.4 is 4.74 Å². The molecule has 1 aromatic rings.